The molecule has 0 heterocycles. The minimum Gasteiger partial charge on any atom is -0.321 e. The molecule has 1 saturated carbocycles. The van der Waals surface area contributed by atoms with Crippen molar-refractivity contribution in [2.45, 2.75) is 37.6 Å². The Bertz CT molecular complexity index is 402. The lowest BCUT2D eigenvalue weighted by Gasteiger charge is -2.34. The summed E-state index contributed by atoms with van der Waals surface area (Å²) in [4.78, 5) is 0. The Morgan fingerprint density at radius 1 is 1.25 bits per heavy atom. The first-order chi connectivity index (χ1) is 7.53. The van der Waals surface area contributed by atoms with Crippen LogP contribution in [0.3, 0.4) is 0 Å². The summed E-state index contributed by atoms with van der Waals surface area (Å²) in [5.41, 5.74) is 6.85. The van der Waals surface area contributed by atoms with E-state index < -0.39 is 0 Å². The van der Waals surface area contributed by atoms with E-state index in [0.717, 1.165) is 31.2 Å². The maximum atomic E-state index is 13.3. The molecule has 1 aliphatic rings. The standard InChI is InChI=1S/C12H14BrClFN/c13-9-6-8(10(14)7-11(9)15)12(16)4-2-1-3-5-12/h6-7H,1-5,16H2. The molecule has 1 fully saturated rings. The van der Waals surface area contributed by atoms with Gasteiger partial charge in [-0.15, -0.1) is 0 Å². The van der Waals surface area contributed by atoms with Crippen molar-refractivity contribution in [1.29, 1.82) is 0 Å². The highest BCUT2D eigenvalue weighted by atomic mass is 79.9. The molecular formula is C12H14BrClFN. The minimum atomic E-state index is -0.383. The van der Waals surface area contributed by atoms with Gasteiger partial charge in [0.25, 0.3) is 0 Å². The topological polar surface area (TPSA) is 26.0 Å². The second kappa shape index (κ2) is 4.63. The van der Waals surface area contributed by atoms with E-state index >= 15 is 0 Å². The number of nitrogens with two attached hydrogens (primary N) is 1. The van der Waals surface area contributed by atoms with Gasteiger partial charge in [0.1, 0.15) is 5.82 Å². The monoisotopic (exact) mass is 305 g/mol. The van der Waals surface area contributed by atoms with E-state index in [0.29, 0.717) is 9.50 Å². The van der Waals surface area contributed by atoms with Gasteiger partial charge in [-0.1, -0.05) is 30.9 Å². The summed E-state index contributed by atoms with van der Waals surface area (Å²) in [6.45, 7) is 0. The lowest BCUT2D eigenvalue weighted by Crippen LogP contribution is -2.38. The number of rotatable bonds is 1. The van der Waals surface area contributed by atoms with Crippen molar-refractivity contribution in [2.75, 3.05) is 0 Å². The Balaban J connectivity index is 2.42. The minimum absolute atomic E-state index is 0.340. The van der Waals surface area contributed by atoms with Crippen molar-refractivity contribution in [3.05, 3.63) is 33.0 Å². The Labute approximate surface area is 108 Å². The molecule has 0 atom stereocenters. The maximum absolute atomic E-state index is 13.3. The zero-order valence-corrected chi connectivity index (χ0v) is 11.2. The third-order valence-electron chi connectivity index (χ3n) is 3.29. The molecule has 16 heavy (non-hydrogen) atoms. The SMILES string of the molecule is NC1(c2cc(Br)c(F)cc2Cl)CCCCC1. The van der Waals surface area contributed by atoms with Gasteiger partial charge in [-0.2, -0.15) is 0 Å². The van der Waals surface area contributed by atoms with Gasteiger partial charge in [0.15, 0.2) is 0 Å². The quantitative estimate of drug-likeness (QED) is 0.767. The van der Waals surface area contributed by atoms with Gasteiger partial charge in [0, 0.05) is 10.6 Å². The summed E-state index contributed by atoms with van der Waals surface area (Å²) >= 11 is 9.27. The van der Waals surface area contributed by atoms with E-state index in [1.807, 2.05) is 0 Å². The number of hydrogen-bond donors (Lipinski definition) is 1. The first-order valence-electron chi connectivity index (χ1n) is 5.47. The molecule has 1 nitrogen and oxygen atoms in total. The summed E-state index contributed by atoms with van der Waals surface area (Å²) in [5, 5.41) is 0.435. The van der Waals surface area contributed by atoms with Gasteiger partial charge in [0.05, 0.1) is 4.47 Å². The molecule has 2 rings (SSSR count). The predicted molar refractivity (Wildman–Crippen MR) is 68.1 cm³/mol. The predicted octanol–water partition coefficient (Wildman–Crippen LogP) is 4.36. The molecule has 2 N–H and O–H groups in total. The zero-order valence-electron chi connectivity index (χ0n) is 8.90. The van der Waals surface area contributed by atoms with Gasteiger partial charge in [0.2, 0.25) is 0 Å². The Morgan fingerprint density at radius 3 is 2.50 bits per heavy atom. The second-order valence-electron chi connectivity index (χ2n) is 4.46. The molecule has 1 aliphatic carbocycles. The fourth-order valence-corrected chi connectivity index (χ4v) is 3.04. The second-order valence-corrected chi connectivity index (χ2v) is 5.72. The highest BCUT2D eigenvalue weighted by Gasteiger charge is 2.31. The third-order valence-corrected chi connectivity index (χ3v) is 4.21. The average molecular weight is 307 g/mol. The molecule has 4 heteroatoms. The molecule has 1 aromatic rings. The number of halogens is 3. The molecule has 0 aromatic heterocycles. The molecule has 0 radical (unpaired) electrons. The molecule has 0 amide bonds. The van der Waals surface area contributed by atoms with E-state index in [2.05, 4.69) is 15.9 Å². The smallest absolute Gasteiger partial charge is 0.138 e. The Morgan fingerprint density at radius 2 is 1.88 bits per heavy atom. The Kier molecular flexibility index (Phi) is 3.57. The van der Waals surface area contributed by atoms with Crippen LogP contribution < -0.4 is 5.73 Å². The van der Waals surface area contributed by atoms with Crippen molar-refractivity contribution in [3.8, 4) is 0 Å². The van der Waals surface area contributed by atoms with Crippen molar-refractivity contribution >= 4 is 27.5 Å². The highest BCUT2D eigenvalue weighted by Crippen LogP contribution is 2.39. The van der Waals surface area contributed by atoms with Gasteiger partial charge < -0.3 is 5.73 Å². The molecule has 0 spiro atoms. The summed E-state index contributed by atoms with van der Waals surface area (Å²) in [7, 11) is 0. The number of benzene rings is 1. The van der Waals surface area contributed by atoms with Crippen LogP contribution >= 0.6 is 27.5 Å². The molecular weight excluding hydrogens is 292 g/mol. The van der Waals surface area contributed by atoms with E-state index in [4.69, 9.17) is 17.3 Å². The van der Waals surface area contributed by atoms with Crippen LogP contribution in [0.2, 0.25) is 5.02 Å². The summed E-state index contributed by atoms with van der Waals surface area (Å²) in [6, 6.07) is 3.06. The van der Waals surface area contributed by atoms with Crippen molar-refractivity contribution in [3.63, 3.8) is 0 Å². The van der Waals surface area contributed by atoms with Gasteiger partial charge in [-0.05, 0) is 46.5 Å². The molecule has 1 aromatic carbocycles. The first kappa shape index (κ1) is 12.3. The van der Waals surface area contributed by atoms with Gasteiger partial charge in [-0.25, -0.2) is 4.39 Å². The van der Waals surface area contributed by atoms with Crippen LogP contribution in [0.1, 0.15) is 37.7 Å². The molecule has 0 unspecified atom stereocenters. The Hall–Kier alpha value is -0.120. The van der Waals surface area contributed by atoms with Crippen LogP contribution in [-0.2, 0) is 5.54 Å². The van der Waals surface area contributed by atoms with Gasteiger partial charge >= 0.3 is 0 Å². The van der Waals surface area contributed by atoms with Crippen LogP contribution in [0.15, 0.2) is 16.6 Å². The molecule has 0 aliphatic heterocycles. The van der Waals surface area contributed by atoms with Crippen molar-refractivity contribution in [1.82, 2.24) is 0 Å². The first-order valence-corrected chi connectivity index (χ1v) is 6.64. The van der Waals surface area contributed by atoms with Crippen LogP contribution in [0.25, 0.3) is 0 Å². The highest BCUT2D eigenvalue weighted by molar-refractivity contribution is 9.10. The van der Waals surface area contributed by atoms with E-state index in [9.17, 15) is 4.39 Å². The van der Waals surface area contributed by atoms with Crippen LogP contribution in [-0.4, -0.2) is 0 Å². The van der Waals surface area contributed by atoms with Crippen LogP contribution in [0.4, 0.5) is 4.39 Å². The van der Waals surface area contributed by atoms with E-state index in [1.165, 1.54) is 12.5 Å². The number of hydrogen-bond acceptors (Lipinski definition) is 1. The third kappa shape index (κ3) is 2.27. The molecule has 88 valence electrons. The lowest BCUT2D eigenvalue weighted by molar-refractivity contribution is 0.302. The fourth-order valence-electron chi connectivity index (χ4n) is 2.36. The van der Waals surface area contributed by atoms with Gasteiger partial charge in [-0.3, -0.25) is 0 Å². The lowest BCUT2D eigenvalue weighted by atomic mass is 9.77. The summed E-state index contributed by atoms with van der Waals surface area (Å²) in [6.07, 6.45) is 5.29. The average Bonchev–Trinajstić information content (AvgIpc) is 2.24. The van der Waals surface area contributed by atoms with Crippen molar-refractivity contribution in [2.24, 2.45) is 5.73 Å². The maximum Gasteiger partial charge on any atom is 0.138 e. The normalized spacial score (nSPS) is 19.8. The van der Waals surface area contributed by atoms with Crippen LogP contribution in [0.5, 0.6) is 0 Å². The fraction of sp³-hybridized carbons (Fsp3) is 0.500. The van der Waals surface area contributed by atoms with Crippen LogP contribution in [0, 0.1) is 5.82 Å². The largest absolute Gasteiger partial charge is 0.321 e. The summed E-state index contributed by atoms with van der Waals surface area (Å²) < 4.78 is 13.7. The molecule has 0 saturated heterocycles. The summed E-state index contributed by atoms with van der Waals surface area (Å²) in [5.74, 6) is -0.340. The zero-order chi connectivity index (χ0) is 11.8. The van der Waals surface area contributed by atoms with E-state index in [-0.39, 0.29) is 11.4 Å². The molecule has 0 bridgehead atoms. The van der Waals surface area contributed by atoms with Crippen molar-refractivity contribution < 1.29 is 4.39 Å². The van der Waals surface area contributed by atoms with E-state index in [1.54, 1.807) is 6.07 Å².